The molecule has 0 spiro atoms. The van der Waals surface area contributed by atoms with Crippen LogP contribution in [0.5, 0.6) is 0 Å². The van der Waals surface area contributed by atoms with Crippen molar-refractivity contribution >= 4 is 22.1 Å². The van der Waals surface area contributed by atoms with E-state index in [1.165, 1.54) is 60.8 Å². The van der Waals surface area contributed by atoms with Gasteiger partial charge in [-0.25, -0.2) is 0 Å². The molecule has 0 aliphatic heterocycles. The van der Waals surface area contributed by atoms with Crippen LogP contribution in [0, 0.1) is 6.92 Å². The molecule has 5 aromatic rings. The second-order valence-electron chi connectivity index (χ2n) is 11.6. The summed E-state index contributed by atoms with van der Waals surface area (Å²) in [6.07, 6.45) is 0. The molecule has 0 bridgehead atoms. The SMILES string of the molecule is Cc1ccccc1Nc1ccc2c(c1)C(C)(C)c1cc3c(cc1-2)C(C)(C)c1ccc2ccccc2c1-3. The van der Waals surface area contributed by atoms with E-state index in [1.807, 2.05) is 0 Å². The van der Waals surface area contributed by atoms with Crippen molar-refractivity contribution in [2.75, 3.05) is 5.32 Å². The van der Waals surface area contributed by atoms with Gasteiger partial charge in [-0.1, -0.05) is 88.4 Å². The quantitative estimate of drug-likeness (QED) is 0.274. The van der Waals surface area contributed by atoms with Crippen LogP contribution >= 0.6 is 0 Å². The lowest BCUT2D eigenvalue weighted by atomic mass is 9.79. The summed E-state index contributed by atoms with van der Waals surface area (Å²) in [5, 5.41) is 6.33. The second kappa shape index (κ2) is 7.11. The molecule has 5 aromatic carbocycles. The summed E-state index contributed by atoms with van der Waals surface area (Å²) >= 11 is 0. The topological polar surface area (TPSA) is 12.0 Å². The van der Waals surface area contributed by atoms with Crippen molar-refractivity contribution in [1.82, 2.24) is 0 Å². The van der Waals surface area contributed by atoms with Crippen molar-refractivity contribution in [2.45, 2.75) is 45.4 Å². The highest BCUT2D eigenvalue weighted by Gasteiger charge is 2.42. The van der Waals surface area contributed by atoms with Crippen LogP contribution in [0.15, 0.2) is 91.0 Å². The van der Waals surface area contributed by atoms with Gasteiger partial charge in [0.1, 0.15) is 0 Å². The molecule has 0 fully saturated rings. The number of hydrogen-bond acceptors (Lipinski definition) is 1. The molecule has 1 heteroatoms. The highest BCUT2D eigenvalue weighted by atomic mass is 14.9. The van der Waals surface area contributed by atoms with E-state index in [4.69, 9.17) is 0 Å². The molecule has 0 heterocycles. The normalized spacial score (nSPS) is 15.8. The maximum atomic E-state index is 3.66. The molecule has 0 radical (unpaired) electrons. The van der Waals surface area contributed by atoms with E-state index in [-0.39, 0.29) is 10.8 Å². The van der Waals surface area contributed by atoms with Gasteiger partial charge in [0.2, 0.25) is 0 Å². The van der Waals surface area contributed by atoms with E-state index < -0.39 is 0 Å². The van der Waals surface area contributed by atoms with Crippen LogP contribution in [0.3, 0.4) is 0 Å². The number of aryl methyl sites for hydroxylation is 1. The summed E-state index contributed by atoms with van der Waals surface area (Å²) in [6.45, 7) is 11.7. The zero-order valence-electron chi connectivity index (χ0n) is 21.7. The molecule has 7 rings (SSSR count). The molecule has 0 atom stereocenters. The van der Waals surface area contributed by atoms with Crippen LogP contribution in [0.4, 0.5) is 11.4 Å². The fraction of sp³-hybridized carbons (Fsp3) is 0.200. The molecule has 36 heavy (non-hydrogen) atoms. The molecule has 2 aliphatic rings. The fourth-order valence-electron chi connectivity index (χ4n) is 6.68. The van der Waals surface area contributed by atoms with Crippen molar-refractivity contribution in [1.29, 1.82) is 0 Å². The standard InChI is InChI=1S/C35H31N/c1-21-10-6-9-13-32(21)36-23-15-16-25-26-19-31-27(20-30(26)35(4,5)29(25)18-23)33-24-12-8-7-11-22(24)14-17-28(33)34(31,2)3/h6-20,36H,1-5H3. The Morgan fingerprint density at radius 1 is 0.556 bits per heavy atom. The molecule has 0 amide bonds. The zero-order valence-corrected chi connectivity index (χ0v) is 21.7. The van der Waals surface area contributed by atoms with E-state index in [9.17, 15) is 0 Å². The summed E-state index contributed by atoms with van der Waals surface area (Å²) < 4.78 is 0. The monoisotopic (exact) mass is 465 g/mol. The molecule has 0 saturated heterocycles. The molecule has 1 N–H and O–H groups in total. The number of benzene rings is 5. The Balaban J connectivity index is 1.41. The number of anilines is 2. The lowest BCUT2D eigenvalue weighted by molar-refractivity contribution is 0.652. The third-order valence-corrected chi connectivity index (χ3v) is 8.78. The lowest BCUT2D eigenvalue weighted by Gasteiger charge is -2.24. The van der Waals surface area contributed by atoms with Crippen LogP contribution in [0.2, 0.25) is 0 Å². The minimum Gasteiger partial charge on any atom is -0.355 e. The Morgan fingerprint density at radius 3 is 2.06 bits per heavy atom. The number of fused-ring (bicyclic) bond motifs is 8. The molecular formula is C35H31N. The maximum Gasteiger partial charge on any atom is 0.0413 e. The Morgan fingerprint density at radius 2 is 1.22 bits per heavy atom. The van der Waals surface area contributed by atoms with E-state index in [0.29, 0.717) is 0 Å². The van der Waals surface area contributed by atoms with Crippen LogP contribution < -0.4 is 5.32 Å². The second-order valence-corrected chi connectivity index (χ2v) is 11.6. The Kier molecular flexibility index (Phi) is 4.23. The van der Waals surface area contributed by atoms with Gasteiger partial charge in [-0.05, 0) is 98.1 Å². The smallest absolute Gasteiger partial charge is 0.0413 e. The van der Waals surface area contributed by atoms with Gasteiger partial charge in [-0.3, -0.25) is 0 Å². The number of rotatable bonds is 2. The van der Waals surface area contributed by atoms with Crippen molar-refractivity contribution in [2.24, 2.45) is 0 Å². The third kappa shape index (κ3) is 2.77. The van der Waals surface area contributed by atoms with E-state index in [0.717, 1.165) is 11.4 Å². The Hall–Kier alpha value is -3.84. The highest BCUT2D eigenvalue weighted by molar-refractivity contribution is 6.03. The third-order valence-electron chi connectivity index (χ3n) is 8.78. The number of nitrogens with one attached hydrogen (secondary N) is 1. The van der Waals surface area contributed by atoms with Gasteiger partial charge in [-0.2, -0.15) is 0 Å². The van der Waals surface area contributed by atoms with Gasteiger partial charge in [0, 0.05) is 22.2 Å². The van der Waals surface area contributed by atoms with Crippen molar-refractivity contribution in [3.05, 3.63) is 119 Å². The van der Waals surface area contributed by atoms with E-state index in [1.54, 1.807) is 0 Å². The minimum atomic E-state index is -0.0688. The predicted octanol–water partition coefficient (Wildman–Crippen LogP) is 9.50. The summed E-state index contributed by atoms with van der Waals surface area (Å²) in [7, 11) is 0. The van der Waals surface area contributed by atoms with E-state index >= 15 is 0 Å². The molecular weight excluding hydrogens is 434 g/mol. The van der Waals surface area contributed by atoms with Crippen LogP contribution in [-0.4, -0.2) is 0 Å². The van der Waals surface area contributed by atoms with Gasteiger partial charge in [0.05, 0.1) is 0 Å². The summed E-state index contributed by atoms with van der Waals surface area (Å²) in [4.78, 5) is 0. The minimum absolute atomic E-state index is 0.0248. The van der Waals surface area contributed by atoms with Crippen molar-refractivity contribution in [3.63, 3.8) is 0 Å². The maximum absolute atomic E-state index is 3.66. The summed E-state index contributed by atoms with van der Waals surface area (Å²) in [5.41, 5.74) is 14.8. The average Bonchev–Trinajstić information content (AvgIpc) is 3.24. The number of hydrogen-bond donors (Lipinski definition) is 1. The Labute approximate surface area is 213 Å². The van der Waals surface area contributed by atoms with Crippen LogP contribution in [0.25, 0.3) is 33.0 Å². The molecule has 0 saturated carbocycles. The molecule has 0 aromatic heterocycles. The summed E-state index contributed by atoms with van der Waals surface area (Å²) in [6, 6.07) is 33.9. The van der Waals surface area contributed by atoms with Crippen molar-refractivity contribution < 1.29 is 0 Å². The van der Waals surface area contributed by atoms with Crippen LogP contribution in [-0.2, 0) is 10.8 Å². The Bertz CT molecular complexity index is 1720. The lowest BCUT2D eigenvalue weighted by Crippen LogP contribution is -2.17. The van der Waals surface area contributed by atoms with Gasteiger partial charge in [0.15, 0.2) is 0 Å². The van der Waals surface area contributed by atoms with E-state index in [2.05, 4.69) is 131 Å². The first-order valence-electron chi connectivity index (χ1n) is 13.0. The summed E-state index contributed by atoms with van der Waals surface area (Å²) in [5.74, 6) is 0. The largest absolute Gasteiger partial charge is 0.355 e. The predicted molar refractivity (Wildman–Crippen MR) is 154 cm³/mol. The first kappa shape index (κ1) is 21.4. The van der Waals surface area contributed by atoms with Gasteiger partial charge >= 0.3 is 0 Å². The van der Waals surface area contributed by atoms with Crippen molar-refractivity contribution in [3.8, 4) is 22.3 Å². The fourth-order valence-corrected chi connectivity index (χ4v) is 6.68. The van der Waals surface area contributed by atoms with Gasteiger partial charge in [0.25, 0.3) is 0 Å². The van der Waals surface area contributed by atoms with Gasteiger partial charge < -0.3 is 5.32 Å². The first-order valence-corrected chi connectivity index (χ1v) is 13.0. The molecule has 2 aliphatic carbocycles. The van der Waals surface area contributed by atoms with Gasteiger partial charge in [-0.15, -0.1) is 0 Å². The zero-order chi connectivity index (χ0) is 24.8. The average molecular weight is 466 g/mol. The van der Waals surface area contributed by atoms with Crippen LogP contribution in [0.1, 0.15) is 55.5 Å². The molecule has 176 valence electrons. The molecule has 0 unspecified atom stereocenters. The number of para-hydroxylation sites is 1. The molecule has 1 nitrogen and oxygen atoms in total. The highest BCUT2D eigenvalue weighted by Crippen LogP contribution is 2.57. The first-order chi connectivity index (χ1) is 17.3.